The van der Waals surface area contributed by atoms with Crippen molar-refractivity contribution in [1.29, 1.82) is 0 Å². The molecule has 6 heteroatoms. The largest absolute Gasteiger partial charge is 0.355 e. The minimum absolute atomic E-state index is 0.0884. The number of nitrogens with zero attached hydrogens (tertiary/aromatic N) is 4. The van der Waals surface area contributed by atoms with Crippen LogP contribution in [0.25, 0.3) is 0 Å². The van der Waals surface area contributed by atoms with Crippen LogP contribution in [0.5, 0.6) is 0 Å². The van der Waals surface area contributed by atoms with Crippen molar-refractivity contribution in [2.24, 2.45) is 5.92 Å². The van der Waals surface area contributed by atoms with E-state index in [1.807, 2.05) is 19.1 Å². The third-order valence-corrected chi connectivity index (χ3v) is 5.02. The fourth-order valence-electron chi connectivity index (χ4n) is 3.42. The summed E-state index contributed by atoms with van der Waals surface area (Å²) >= 11 is 0. The Balaban J connectivity index is 1.37. The molecule has 2 heterocycles. The minimum atomic E-state index is 0.0884. The van der Waals surface area contributed by atoms with Crippen molar-refractivity contribution >= 4 is 11.9 Å². The van der Waals surface area contributed by atoms with E-state index >= 15 is 0 Å². The van der Waals surface area contributed by atoms with Gasteiger partial charge in [-0.25, -0.2) is 9.97 Å². The first-order valence-electron chi connectivity index (χ1n) is 9.66. The highest BCUT2D eigenvalue weighted by molar-refractivity contribution is 5.78. The van der Waals surface area contributed by atoms with Gasteiger partial charge in [-0.3, -0.25) is 4.79 Å². The van der Waals surface area contributed by atoms with Crippen molar-refractivity contribution in [1.82, 2.24) is 20.2 Å². The lowest BCUT2D eigenvalue weighted by molar-refractivity contribution is -0.125. The second kappa shape index (κ2) is 9.46. The molecule has 1 aromatic heterocycles. The third-order valence-electron chi connectivity index (χ3n) is 5.02. The maximum absolute atomic E-state index is 12.5. The quantitative estimate of drug-likeness (QED) is 0.813. The average Bonchev–Trinajstić information content (AvgIpc) is 2.69. The number of hydrogen-bond acceptors (Lipinski definition) is 5. The zero-order valence-corrected chi connectivity index (χ0v) is 16.3. The van der Waals surface area contributed by atoms with Gasteiger partial charge in [0.1, 0.15) is 0 Å². The highest BCUT2D eigenvalue weighted by Crippen LogP contribution is 2.20. The number of carbonyl (C=O) groups is 1. The molecule has 1 N–H and O–H groups in total. The highest BCUT2D eigenvalue weighted by atomic mass is 16.1. The van der Waals surface area contributed by atoms with Gasteiger partial charge >= 0.3 is 0 Å². The molecule has 27 heavy (non-hydrogen) atoms. The van der Waals surface area contributed by atoms with Crippen LogP contribution in [0.3, 0.4) is 0 Å². The number of aryl methyl sites for hydroxylation is 1. The van der Waals surface area contributed by atoms with E-state index in [1.54, 1.807) is 6.20 Å². The molecule has 0 bridgehead atoms. The molecule has 0 saturated carbocycles. The molecule has 2 aromatic rings. The molecule has 1 aromatic carbocycles. The number of nitrogens with one attached hydrogen (secondary N) is 1. The van der Waals surface area contributed by atoms with Crippen molar-refractivity contribution in [3.05, 3.63) is 53.9 Å². The first-order valence-corrected chi connectivity index (χ1v) is 9.66. The van der Waals surface area contributed by atoms with Crippen LogP contribution in [-0.4, -0.2) is 54.0 Å². The summed E-state index contributed by atoms with van der Waals surface area (Å²) in [6.07, 6.45) is 3.49. The van der Waals surface area contributed by atoms with E-state index in [4.69, 9.17) is 0 Å². The molecule has 1 aliphatic heterocycles. The summed E-state index contributed by atoms with van der Waals surface area (Å²) in [6, 6.07) is 12.3. The molecular formula is C21H29N5O. The number of hydrogen-bond donors (Lipinski definition) is 1. The lowest BCUT2D eigenvalue weighted by Gasteiger charge is -2.31. The molecule has 3 rings (SSSR count). The van der Waals surface area contributed by atoms with Gasteiger partial charge in [-0.05, 0) is 38.4 Å². The first-order chi connectivity index (χ1) is 13.1. The third kappa shape index (κ3) is 5.76. The maximum atomic E-state index is 12.5. The fourth-order valence-corrected chi connectivity index (χ4v) is 3.42. The van der Waals surface area contributed by atoms with Crippen LogP contribution >= 0.6 is 0 Å². The number of carbonyl (C=O) groups excluding carboxylic acids is 1. The Bertz CT molecular complexity index is 728. The van der Waals surface area contributed by atoms with Crippen LogP contribution in [-0.2, 0) is 11.3 Å². The SMILES string of the molecule is Cc1ccnc(N2CCC(C(=O)NCCN(C)Cc3ccccc3)CC2)n1. The zero-order chi connectivity index (χ0) is 19.1. The average molecular weight is 367 g/mol. The zero-order valence-electron chi connectivity index (χ0n) is 16.3. The number of likely N-dealkylation sites (N-methyl/N-ethyl adjacent to an activating group) is 1. The van der Waals surface area contributed by atoms with Gasteiger partial charge < -0.3 is 15.1 Å². The van der Waals surface area contributed by atoms with Crippen molar-refractivity contribution in [3.63, 3.8) is 0 Å². The first kappa shape index (κ1) is 19.3. The van der Waals surface area contributed by atoms with Gasteiger partial charge in [0.15, 0.2) is 0 Å². The van der Waals surface area contributed by atoms with Crippen LogP contribution in [0.2, 0.25) is 0 Å². The van der Waals surface area contributed by atoms with Gasteiger partial charge in [0.2, 0.25) is 11.9 Å². The second-order valence-corrected chi connectivity index (χ2v) is 7.27. The summed E-state index contributed by atoms with van der Waals surface area (Å²) in [5, 5.41) is 3.10. The van der Waals surface area contributed by atoms with Gasteiger partial charge in [0.25, 0.3) is 0 Å². The van der Waals surface area contributed by atoms with Crippen molar-refractivity contribution in [3.8, 4) is 0 Å². The van der Waals surface area contributed by atoms with Gasteiger partial charge in [-0.1, -0.05) is 30.3 Å². The van der Waals surface area contributed by atoms with E-state index < -0.39 is 0 Å². The molecule has 0 aliphatic carbocycles. The summed E-state index contributed by atoms with van der Waals surface area (Å²) in [5.74, 6) is 1.04. The van der Waals surface area contributed by atoms with Crippen molar-refractivity contribution < 1.29 is 4.79 Å². The van der Waals surface area contributed by atoms with E-state index in [1.165, 1.54) is 5.56 Å². The van der Waals surface area contributed by atoms with Crippen LogP contribution in [0.4, 0.5) is 5.95 Å². The Kier molecular flexibility index (Phi) is 6.76. The summed E-state index contributed by atoms with van der Waals surface area (Å²) in [4.78, 5) is 25.7. The molecule has 1 amide bonds. The van der Waals surface area contributed by atoms with Crippen molar-refractivity contribution in [2.45, 2.75) is 26.3 Å². The maximum Gasteiger partial charge on any atom is 0.225 e. The standard InChI is InChI=1S/C21H29N5O/c1-17-8-11-23-21(24-17)26-13-9-19(10-14-26)20(27)22-12-15-25(2)16-18-6-4-3-5-7-18/h3-8,11,19H,9-10,12-16H2,1-2H3,(H,22,27). The highest BCUT2D eigenvalue weighted by Gasteiger charge is 2.25. The Morgan fingerprint density at radius 1 is 1.22 bits per heavy atom. The Morgan fingerprint density at radius 3 is 2.67 bits per heavy atom. The van der Waals surface area contributed by atoms with Crippen LogP contribution in [0.1, 0.15) is 24.1 Å². The Morgan fingerprint density at radius 2 is 1.96 bits per heavy atom. The van der Waals surface area contributed by atoms with E-state index in [-0.39, 0.29) is 11.8 Å². The van der Waals surface area contributed by atoms with E-state index in [9.17, 15) is 4.79 Å². The van der Waals surface area contributed by atoms with Crippen LogP contribution in [0, 0.1) is 12.8 Å². The molecule has 1 aliphatic rings. The lowest BCUT2D eigenvalue weighted by Crippen LogP contribution is -2.42. The summed E-state index contributed by atoms with van der Waals surface area (Å²) in [5.41, 5.74) is 2.26. The molecule has 144 valence electrons. The van der Waals surface area contributed by atoms with Gasteiger partial charge in [-0.2, -0.15) is 0 Å². The van der Waals surface area contributed by atoms with Gasteiger partial charge in [0, 0.05) is 50.5 Å². The molecular weight excluding hydrogens is 338 g/mol. The molecule has 0 spiro atoms. The molecule has 1 fully saturated rings. The number of amides is 1. The van der Waals surface area contributed by atoms with Gasteiger partial charge in [0.05, 0.1) is 0 Å². The van der Waals surface area contributed by atoms with Crippen molar-refractivity contribution in [2.75, 3.05) is 38.1 Å². The number of rotatable bonds is 7. The van der Waals surface area contributed by atoms with Crippen LogP contribution in [0.15, 0.2) is 42.6 Å². The molecule has 1 saturated heterocycles. The number of piperidine rings is 1. The molecule has 0 radical (unpaired) electrons. The monoisotopic (exact) mass is 367 g/mol. The fraction of sp³-hybridized carbons (Fsp3) is 0.476. The Labute approximate surface area is 161 Å². The predicted octanol–water partition coefficient (Wildman–Crippen LogP) is 2.25. The molecule has 6 nitrogen and oxygen atoms in total. The lowest BCUT2D eigenvalue weighted by atomic mass is 9.96. The summed E-state index contributed by atoms with van der Waals surface area (Å²) in [6.45, 7) is 6.05. The second-order valence-electron chi connectivity index (χ2n) is 7.27. The smallest absolute Gasteiger partial charge is 0.225 e. The Hall–Kier alpha value is -2.47. The van der Waals surface area contributed by atoms with E-state index in [0.717, 1.165) is 50.7 Å². The van der Waals surface area contributed by atoms with E-state index in [0.29, 0.717) is 6.54 Å². The molecule has 0 atom stereocenters. The normalized spacial score (nSPS) is 15.1. The number of benzene rings is 1. The predicted molar refractivity (Wildman–Crippen MR) is 107 cm³/mol. The topological polar surface area (TPSA) is 61.4 Å². The number of aromatic nitrogens is 2. The summed E-state index contributed by atoms with van der Waals surface area (Å²) in [7, 11) is 2.08. The molecule has 0 unspecified atom stereocenters. The van der Waals surface area contributed by atoms with Crippen LogP contribution < -0.4 is 10.2 Å². The summed E-state index contributed by atoms with van der Waals surface area (Å²) < 4.78 is 0. The minimum Gasteiger partial charge on any atom is -0.355 e. The van der Waals surface area contributed by atoms with Gasteiger partial charge in [-0.15, -0.1) is 0 Å². The van der Waals surface area contributed by atoms with E-state index in [2.05, 4.69) is 56.4 Å². The number of anilines is 1.